The van der Waals surface area contributed by atoms with Gasteiger partial charge in [-0.1, -0.05) is 26.0 Å². The molecular weight excluding hydrogens is 412 g/mol. The van der Waals surface area contributed by atoms with E-state index in [1.54, 1.807) is 7.11 Å². The zero-order valence-electron chi connectivity index (χ0n) is 20.2. The van der Waals surface area contributed by atoms with Crippen molar-refractivity contribution in [2.45, 2.75) is 34.1 Å². The largest absolute Gasteiger partial charge is 0.496 e. The monoisotopic (exact) mass is 442 g/mol. The molecule has 0 amide bonds. The van der Waals surface area contributed by atoms with E-state index in [9.17, 15) is 0 Å². The molecule has 0 atom stereocenters. The summed E-state index contributed by atoms with van der Waals surface area (Å²) in [6.07, 6.45) is 4.40. The van der Waals surface area contributed by atoms with Crippen LogP contribution in [0, 0.1) is 19.3 Å². The number of aryl methyl sites for hydroxylation is 2. The van der Waals surface area contributed by atoms with Crippen molar-refractivity contribution < 1.29 is 4.74 Å². The number of nitrogens with zero attached hydrogens (tertiary/aromatic N) is 6. The molecule has 0 spiro atoms. The van der Waals surface area contributed by atoms with Gasteiger partial charge in [-0.15, -0.1) is 0 Å². The second kappa shape index (κ2) is 7.83. The lowest BCUT2D eigenvalue weighted by atomic mass is 9.84. The Labute approximate surface area is 194 Å². The molecule has 0 bridgehead atoms. The first-order valence-corrected chi connectivity index (χ1v) is 11.3. The number of imidazole rings is 1. The SMILES string of the molecule is COc1cc(-c2cnc(C)n2C)ccc1Cc1ncc2cc(C)nc(N3CC(C)(C)C3)c2n1. The summed E-state index contributed by atoms with van der Waals surface area (Å²) >= 11 is 0. The molecule has 1 fully saturated rings. The van der Waals surface area contributed by atoms with Gasteiger partial charge in [0.25, 0.3) is 0 Å². The summed E-state index contributed by atoms with van der Waals surface area (Å²) in [4.78, 5) is 21.2. The number of pyridine rings is 1. The maximum atomic E-state index is 5.74. The van der Waals surface area contributed by atoms with Gasteiger partial charge in [-0.05, 0) is 31.4 Å². The number of anilines is 1. The maximum Gasteiger partial charge on any atom is 0.155 e. The van der Waals surface area contributed by atoms with Crippen molar-refractivity contribution in [1.29, 1.82) is 0 Å². The van der Waals surface area contributed by atoms with Gasteiger partial charge in [0.2, 0.25) is 0 Å². The highest BCUT2D eigenvalue weighted by Crippen LogP contribution is 2.36. The first kappa shape index (κ1) is 21.4. The summed E-state index contributed by atoms with van der Waals surface area (Å²) in [5.74, 6) is 3.52. The highest BCUT2D eigenvalue weighted by Gasteiger charge is 2.36. The first-order chi connectivity index (χ1) is 15.7. The molecule has 4 heterocycles. The molecule has 7 heteroatoms. The minimum absolute atomic E-state index is 0.315. The van der Waals surface area contributed by atoms with Crippen LogP contribution in [-0.2, 0) is 13.5 Å². The zero-order valence-corrected chi connectivity index (χ0v) is 20.2. The normalized spacial score (nSPS) is 15.0. The highest BCUT2D eigenvalue weighted by molar-refractivity contribution is 5.89. The van der Waals surface area contributed by atoms with Crippen molar-refractivity contribution in [3.63, 3.8) is 0 Å². The van der Waals surface area contributed by atoms with E-state index in [1.165, 1.54) is 0 Å². The maximum absolute atomic E-state index is 5.74. The molecule has 0 aliphatic carbocycles. The van der Waals surface area contributed by atoms with Gasteiger partial charge < -0.3 is 14.2 Å². The van der Waals surface area contributed by atoms with E-state index in [-0.39, 0.29) is 0 Å². The number of methoxy groups -OCH3 is 1. The quantitative estimate of drug-likeness (QED) is 0.454. The molecular formula is C26H30N6O. The fourth-order valence-corrected chi connectivity index (χ4v) is 4.62. The molecule has 1 aromatic carbocycles. The molecule has 1 aliphatic heterocycles. The second-order valence-electron chi connectivity index (χ2n) is 9.78. The molecule has 4 aromatic rings. The van der Waals surface area contributed by atoms with E-state index in [0.29, 0.717) is 11.8 Å². The average Bonchev–Trinajstić information content (AvgIpc) is 3.10. The van der Waals surface area contributed by atoms with Crippen molar-refractivity contribution in [3.05, 3.63) is 59.6 Å². The lowest BCUT2D eigenvalue weighted by molar-refractivity contribution is 0.275. The third-order valence-electron chi connectivity index (χ3n) is 6.41. The Balaban J connectivity index is 1.49. The van der Waals surface area contributed by atoms with Crippen LogP contribution in [0.3, 0.4) is 0 Å². The van der Waals surface area contributed by atoms with Crippen LogP contribution < -0.4 is 9.64 Å². The molecule has 33 heavy (non-hydrogen) atoms. The van der Waals surface area contributed by atoms with Crippen LogP contribution in [0.4, 0.5) is 5.82 Å². The van der Waals surface area contributed by atoms with Gasteiger partial charge in [0.1, 0.15) is 22.9 Å². The lowest BCUT2D eigenvalue weighted by Crippen LogP contribution is -2.53. The van der Waals surface area contributed by atoms with Gasteiger partial charge in [-0.25, -0.2) is 19.9 Å². The number of hydrogen-bond donors (Lipinski definition) is 0. The summed E-state index contributed by atoms with van der Waals surface area (Å²) in [5.41, 5.74) is 5.40. The van der Waals surface area contributed by atoms with Gasteiger partial charge in [-0.3, -0.25) is 0 Å². The average molecular weight is 443 g/mol. The van der Waals surface area contributed by atoms with Gasteiger partial charge in [0.05, 0.1) is 19.0 Å². The summed E-state index contributed by atoms with van der Waals surface area (Å²) in [6.45, 7) is 10.6. The Hall–Kier alpha value is -3.48. The molecule has 0 saturated carbocycles. The van der Waals surface area contributed by atoms with E-state index < -0.39 is 0 Å². The number of ether oxygens (including phenoxy) is 1. The molecule has 0 radical (unpaired) electrons. The molecule has 0 N–H and O–H groups in total. The Morgan fingerprint density at radius 2 is 1.82 bits per heavy atom. The van der Waals surface area contributed by atoms with Crippen molar-refractivity contribution in [2.24, 2.45) is 12.5 Å². The van der Waals surface area contributed by atoms with Crippen LogP contribution in [0.5, 0.6) is 5.75 Å². The van der Waals surface area contributed by atoms with Crippen molar-refractivity contribution >= 4 is 16.7 Å². The summed E-state index contributed by atoms with van der Waals surface area (Å²) < 4.78 is 7.81. The summed E-state index contributed by atoms with van der Waals surface area (Å²) in [6, 6.07) is 8.31. The van der Waals surface area contributed by atoms with Crippen molar-refractivity contribution in [3.8, 4) is 17.0 Å². The van der Waals surface area contributed by atoms with Crippen LogP contribution >= 0.6 is 0 Å². The molecule has 1 saturated heterocycles. The topological polar surface area (TPSA) is 69.0 Å². The standard InChI is InChI=1S/C26H30N6O/c1-16-9-20-12-28-23(30-24(20)25(29-16)32-14-26(3,4)15-32)11-19-8-7-18(10-22(19)33-6)21-13-27-17(2)31(21)5/h7-10,12-13H,11,14-15H2,1-6H3. The Kier molecular flexibility index (Phi) is 5.07. The van der Waals surface area contributed by atoms with E-state index in [2.05, 4.69) is 57.5 Å². The fourth-order valence-electron chi connectivity index (χ4n) is 4.62. The van der Waals surface area contributed by atoms with Crippen LogP contribution in [0.25, 0.3) is 22.2 Å². The molecule has 5 rings (SSSR count). The number of benzene rings is 1. The number of rotatable bonds is 5. The number of aromatic nitrogens is 5. The van der Waals surface area contributed by atoms with Crippen LogP contribution in [-0.4, -0.2) is 44.7 Å². The third kappa shape index (κ3) is 3.92. The van der Waals surface area contributed by atoms with E-state index in [1.807, 2.05) is 33.3 Å². The Morgan fingerprint density at radius 3 is 2.48 bits per heavy atom. The number of fused-ring (bicyclic) bond motifs is 1. The molecule has 1 aliphatic rings. The molecule has 170 valence electrons. The van der Waals surface area contributed by atoms with Crippen LogP contribution in [0.2, 0.25) is 0 Å². The van der Waals surface area contributed by atoms with E-state index >= 15 is 0 Å². The molecule has 0 unspecified atom stereocenters. The zero-order chi connectivity index (χ0) is 23.3. The minimum atomic E-state index is 0.315. The van der Waals surface area contributed by atoms with Gasteiger partial charge in [0, 0.05) is 55.0 Å². The van der Waals surface area contributed by atoms with Crippen LogP contribution in [0.1, 0.15) is 36.8 Å². The summed E-state index contributed by atoms with van der Waals surface area (Å²) in [5, 5.41) is 1.03. The van der Waals surface area contributed by atoms with Crippen molar-refractivity contribution in [1.82, 2.24) is 24.5 Å². The fraction of sp³-hybridized carbons (Fsp3) is 0.385. The Bertz CT molecular complexity index is 1350. The third-order valence-corrected chi connectivity index (χ3v) is 6.41. The predicted molar refractivity (Wildman–Crippen MR) is 131 cm³/mol. The van der Waals surface area contributed by atoms with Gasteiger partial charge in [-0.2, -0.15) is 0 Å². The second-order valence-corrected chi connectivity index (χ2v) is 9.78. The van der Waals surface area contributed by atoms with Gasteiger partial charge in [0.15, 0.2) is 5.82 Å². The van der Waals surface area contributed by atoms with E-state index in [4.69, 9.17) is 14.7 Å². The van der Waals surface area contributed by atoms with E-state index in [0.717, 1.165) is 69.7 Å². The minimum Gasteiger partial charge on any atom is -0.496 e. The first-order valence-electron chi connectivity index (χ1n) is 11.3. The number of hydrogen-bond acceptors (Lipinski definition) is 6. The van der Waals surface area contributed by atoms with Crippen LogP contribution in [0.15, 0.2) is 36.7 Å². The molecule has 3 aromatic heterocycles. The molecule has 7 nitrogen and oxygen atoms in total. The summed E-state index contributed by atoms with van der Waals surface area (Å²) in [7, 11) is 3.72. The van der Waals surface area contributed by atoms with Crippen molar-refractivity contribution in [2.75, 3.05) is 25.1 Å². The Morgan fingerprint density at radius 1 is 1.03 bits per heavy atom. The predicted octanol–water partition coefficient (Wildman–Crippen LogP) is 4.49. The van der Waals surface area contributed by atoms with Gasteiger partial charge >= 0.3 is 0 Å². The smallest absolute Gasteiger partial charge is 0.155 e. The highest BCUT2D eigenvalue weighted by atomic mass is 16.5. The lowest BCUT2D eigenvalue weighted by Gasteiger charge is -2.46.